The zero-order valence-electron chi connectivity index (χ0n) is 13.7. The SMILES string of the molecule is C/C(=N\NC(=O)c1c(C)nnn1-c1nonc1N)c1ccc(O)cc1O. The number of benzene rings is 1. The number of phenols is 2. The lowest BCUT2D eigenvalue weighted by molar-refractivity contribution is 0.0946. The van der Waals surface area contributed by atoms with Crippen LogP contribution < -0.4 is 11.2 Å². The van der Waals surface area contributed by atoms with Crippen LogP contribution >= 0.6 is 0 Å². The highest BCUT2D eigenvalue weighted by atomic mass is 16.6. The van der Waals surface area contributed by atoms with Gasteiger partial charge in [-0.05, 0) is 36.3 Å². The highest BCUT2D eigenvalue weighted by molar-refractivity contribution is 6.02. The van der Waals surface area contributed by atoms with E-state index in [1.165, 1.54) is 18.2 Å². The van der Waals surface area contributed by atoms with Crippen LogP contribution in [0.1, 0.15) is 28.7 Å². The van der Waals surface area contributed by atoms with E-state index >= 15 is 0 Å². The van der Waals surface area contributed by atoms with Crippen molar-refractivity contribution in [1.82, 2.24) is 30.7 Å². The standard InChI is InChI=1S/C14H14N8O4/c1-6(9-4-3-8(23)5-10(9)24)16-18-14(25)11-7(2)17-21-22(11)13-12(15)19-26-20-13/h3-5,23-24H,1-2H3,(H2,15,19)(H,18,25)/b16-6+. The predicted octanol–water partition coefficient (Wildman–Crippen LogP) is 0.106. The van der Waals surface area contributed by atoms with Gasteiger partial charge < -0.3 is 15.9 Å². The molecule has 2 aromatic heterocycles. The molecule has 3 rings (SSSR count). The molecule has 2 heterocycles. The summed E-state index contributed by atoms with van der Waals surface area (Å²) in [4.78, 5) is 12.5. The van der Waals surface area contributed by atoms with E-state index in [9.17, 15) is 15.0 Å². The maximum absolute atomic E-state index is 12.5. The first kappa shape index (κ1) is 16.9. The number of aryl methyl sites for hydroxylation is 1. The second-order valence-corrected chi connectivity index (χ2v) is 5.25. The average molecular weight is 358 g/mol. The van der Waals surface area contributed by atoms with Gasteiger partial charge >= 0.3 is 0 Å². The van der Waals surface area contributed by atoms with Gasteiger partial charge in [-0.3, -0.25) is 4.79 Å². The van der Waals surface area contributed by atoms with Gasteiger partial charge in [-0.1, -0.05) is 5.21 Å². The molecule has 134 valence electrons. The number of amides is 1. The lowest BCUT2D eigenvalue weighted by Gasteiger charge is -2.06. The fourth-order valence-corrected chi connectivity index (χ4v) is 2.18. The summed E-state index contributed by atoms with van der Waals surface area (Å²) in [5.74, 6) is -0.935. The first-order chi connectivity index (χ1) is 12.4. The van der Waals surface area contributed by atoms with Gasteiger partial charge in [-0.25, -0.2) is 10.1 Å². The zero-order chi connectivity index (χ0) is 18.8. The predicted molar refractivity (Wildman–Crippen MR) is 87.8 cm³/mol. The third-order valence-electron chi connectivity index (χ3n) is 3.45. The number of rotatable bonds is 4. The molecule has 5 N–H and O–H groups in total. The van der Waals surface area contributed by atoms with Crippen molar-refractivity contribution >= 4 is 17.4 Å². The Morgan fingerprint density at radius 3 is 2.77 bits per heavy atom. The number of aromatic nitrogens is 5. The summed E-state index contributed by atoms with van der Waals surface area (Å²) in [7, 11) is 0. The molecule has 0 fully saturated rings. The van der Waals surface area contributed by atoms with Gasteiger partial charge in [0.1, 0.15) is 11.5 Å². The molecular formula is C14H14N8O4. The number of phenolic OH excluding ortho intramolecular Hbond substituents is 2. The van der Waals surface area contributed by atoms with E-state index in [-0.39, 0.29) is 28.8 Å². The highest BCUT2D eigenvalue weighted by Gasteiger charge is 2.23. The number of hydrogen-bond acceptors (Lipinski definition) is 10. The number of carbonyl (C=O) groups is 1. The first-order valence-corrected chi connectivity index (χ1v) is 7.26. The van der Waals surface area contributed by atoms with Crippen molar-refractivity contribution in [3.05, 3.63) is 35.2 Å². The number of hydrogen-bond donors (Lipinski definition) is 4. The molecule has 0 aliphatic rings. The topological polar surface area (TPSA) is 178 Å². The molecule has 0 radical (unpaired) electrons. The number of anilines is 1. The Morgan fingerprint density at radius 1 is 1.35 bits per heavy atom. The maximum Gasteiger partial charge on any atom is 0.292 e. The molecule has 12 heteroatoms. The quantitative estimate of drug-likeness (QED) is 0.372. The van der Waals surface area contributed by atoms with Crippen LogP contribution in [0.2, 0.25) is 0 Å². The normalized spacial score (nSPS) is 11.5. The highest BCUT2D eigenvalue weighted by Crippen LogP contribution is 2.23. The van der Waals surface area contributed by atoms with E-state index in [4.69, 9.17) is 5.73 Å². The second-order valence-electron chi connectivity index (χ2n) is 5.25. The molecule has 0 atom stereocenters. The van der Waals surface area contributed by atoms with Crippen LogP contribution in [0.4, 0.5) is 5.82 Å². The molecule has 3 aromatic rings. The van der Waals surface area contributed by atoms with Crippen LogP contribution in [0.5, 0.6) is 11.5 Å². The maximum atomic E-state index is 12.5. The van der Waals surface area contributed by atoms with Crippen molar-refractivity contribution < 1.29 is 19.6 Å². The van der Waals surface area contributed by atoms with Crippen LogP contribution in [-0.2, 0) is 0 Å². The molecular weight excluding hydrogens is 344 g/mol. The van der Waals surface area contributed by atoms with Crippen LogP contribution in [0.25, 0.3) is 5.82 Å². The molecule has 26 heavy (non-hydrogen) atoms. The molecule has 1 amide bonds. The smallest absolute Gasteiger partial charge is 0.292 e. The fraction of sp³-hybridized carbons (Fsp3) is 0.143. The van der Waals surface area contributed by atoms with E-state index in [0.29, 0.717) is 17.0 Å². The van der Waals surface area contributed by atoms with Gasteiger partial charge in [0.2, 0.25) is 11.6 Å². The van der Waals surface area contributed by atoms with Crippen molar-refractivity contribution in [3.63, 3.8) is 0 Å². The van der Waals surface area contributed by atoms with E-state index < -0.39 is 5.91 Å². The van der Waals surface area contributed by atoms with Crippen LogP contribution in [-0.4, -0.2) is 47.1 Å². The number of hydrazone groups is 1. The number of carbonyl (C=O) groups excluding carboxylic acids is 1. The molecule has 0 aliphatic carbocycles. The number of nitrogens with two attached hydrogens (primary N) is 1. The number of nitrogen functional groups attached to an aromatic ring is 1. The molecule has 0 unspecified atom stereocenters. The Kier molecular flexibility index (Phi) is 4.22. The Labute approximate surface area is 145 Å². The van der Waals surface area contributed by atoms with Gasteiger partial charge in [0.15, 0.2) is 5.69 Å². The number of nitrogens with one attached hydrogen (secondary N) is 1. The van der Waals surface area contributed by atoms with Crippen LogP contribution in [0.15, 0.2) is 27.9 Å². The molecule has 0 aliphatic heterocycles. The third kappa shape index (κ3) is 3.02. The van der Waals surface area contributed by atoms with Crippen LogP contribution in [0.3, 0.4) is 0 Å². The average Bonchev–Trinajstić information content (AvgIpc) is 3.17. The molecule has 0 saturated carbocycles. The molecule has 0 bridgehead atoms. The van der Waals surface area contributed by atoms with Crippen molar-refractivity contribution in [2.45, 2.75) is 13.8 Å². The summed E-state index contributed by atoms with van der Waals surface area (Å²) in [6.07, 6.45) is 0. The van der Waals surface area contributed by atoms with Gasteiger partial charge in [-0.15, -0.1) is 5.10 Å². The van der Waals surface area contributed by atoms with Gasteiger partial charge in [0, 0.05) is 11.6 Å². The van der Waals surface area contributed by atoms with Crippen LogP contribution in [0, 0.1) is 6.92 Å². The summed E-state index contributed by atoms with van der Waals surface area (Å²) in [5, 5.41) is 37.7. The summed E-state index contributed by atoms with van der Waals surface area (Å²) in [6, 6.07) is 4.02. The first-order valence-electron chi connectivity index (χ1n) is 7.26. The lowest BCUT2D eigenvalue weighted by Crippen LogP contribution is -2.24. The Bertz CT molecular complexity index is 1010. The van der Waals surface area contributed by atoms with E-state index in [2.05, 4.69) is 35.8 Å². The summed E-state index contributed by atoms with van der Waals surface area (Å²) < 4.78 is 5.58. The van der Waals surface area contributed by atoms with E-state index in [1.807, 2.05) is 0 Å². The zero-order valence-corrected chi connectivity index (χ0v) is 13.7. The molecule has 12 nitrogen and oxygen atoms in total. The molecule has 1 aromatic carbocycles. The minimum atomic E-state index is -0.632. The van der Waals surface area contributed by atoms with Crippen molar-refractivity contribution in [1.29, 1.82) is 0 Å². The van der Waals surface area contributed by atoms with E-state index in [1.54, 1.807) is 13.8 Å². The Morgan fingerprint density at radius 2 is 2.12 bits per heavy atom. The Balaban J connectivity index is 1.87. The summed E-state index contributed by atoms with van der Waals surface area (Å²) in [6.45, 7) is 3.15. The fourth-order valence-electron chi connectivity index (χ4n) is 2.18. The van der Waals surface area contributed by atoms with Crippen molar-refractivity contribution in [2.75, 3.05) is 5.73 Å². The van der Waals surface area contributed by atoms with Crippen molar-refractivity contribution in [2.24, 2.45) is 5.10 Å². The molecule has 0 saturated heterocycles. The number of aromatic hydroxyl groups is 2. The third-order valence-corrected chi connectivity index (χ3v) is 3.45. The monoisotopic (exact) mass is 358 g/mol. The number of nitrogens with zero attached hydrogens (tertiary/aromatic N) is 6. The second kappa shape index (κ2) is 6.51. The van der Waals surface area contributed by atoms with Gasteiger partial charge in [-0.2, -0.15) is 9.78 Å². The molecule has 0 spiro atoms. The summed E-state index contributed by atoms with van der Waals surface area (Å²) in [5.41, 5.74) is 8.97. The van der Waals surface area contributed by atoms with Crippen molar-refractivity contribution in [3.8, 4) is 17.3 Å². The summed E-state index contributed by atoms with van der Waals surface area (Å²) >= 11 is 0. The van der Waals surface area contributed by atoms with E-state index in [0.717, 1.165) is 4.68 Å². The van der Waals surface area contributed by atoms with Gasteiger partial charge in [0.25, 0.3) is 5.91 Å². The minimum absolute atomic E-state index is 0.0210. The Hall–Kier alpha value is -3.96. The lowest BCUT2D eigenvalue weighted by atomic mass is 10.1. The largest absolute Gasteiger partial charge is 0.508 e. The van der Waals surface area contributed by atoms with Gasteiger partial charge in [0.05, 0.1) is 11.4 Å². The minimum Gasteiger partial charge on any atom is -0.508 e.